The smallest absolute Gasteiger partial charge is 0.282 e. The molecule has 6 rings (SSSR count). The molecule has 0 radical (unpaired) electrons. The quantitative estimate of drug-likeness (QED) is 0.336. The molecule has 0 amide bonds. The maximum atomic E-state index is 14.1. The number of benzene rings is 3. The van der Waals surface area contributed by atoms with Crippen molar-refractivity contribution in [3.05, 3.63) is 95.3 Å². The number of H-pyrrole nitrogens is 1. The molecule has 3 aromatic carbocycles. The van der Waals surface area contributed by atoms with Crippen molar-refractivity contribution in [3.63, 3.8) is 0 Å². The fourth-order valence-corrected chi connectivity index (χ4v) is 5.11. The fraction of sp³-hybridized carbons (Fsp3) is 0.107. The zero-order valence-electron chi connectivity index (χ0n) is 19.6. The van der Waals surface area contributed by atoms with Gasteiger partial charge in [-0.1, -0.05) is 84.6 Å². The predicted molar refractivity (Wildman–Crippen MR) is 147 cm³/mol. The number of methoxy groups -OCH3 is 1. The Morgan fingerprint density at radius 2 is 1.56 bits per heavy atom. The van der Waals surface area contributed by atoms with E-state index in [2.05, 4.69) is 15.4 Å². The molecule has 2 N–H and O–H groups in total. The highest BCUT2D eigenvalue weighted by Gasteiger charge is 2.23. The average molecular weight is 494 g/mol. The molecule has 8 heteroatoms. The number of hydrogen-bond donors (Lipinski definition) is 2. The van der Waals surface area contributed by atoms with Crippen LogP contribution in [0.25, 0.3) is 39.2 Å². The second-order valence-corrected chi connectivity index (χ2v) is 9.37. The van der Waals surface area contributed by atoms with E-state index in [0.29, 0.717) is 17.0 Å². The van der Waals surface area contributed by atoms with Crippen molar-refractivity contribution in [1.29, 1.82) is 0 Å². The van der Waals surface area contributed by atoms with Crippen molar-refractivity contribution >= 4 is 28.4 Å². The van der Waals surface area contributed by atoms with Gasteiger partial charge in [0, 0.05) is 11.3 Å². The van der Waals surface area contributed by atoms with E-state index >= 15 is 0 Å². The van der Waals surface area contributed by atoms with Crippen LogP contribution in [0.5, 0.6) is 5.75 Å². The lowest BCUT2D eigenvalue weighted by molar-refractivity contribution is 0.415. The first-order chi connectivity index (χ1) is 17.7. The molecule has 3 heterocycles. The van der Waals surface area contributed by atoms with E-state index in [1.807, 2.05) is 84.9 Å². The number of rotatable bonds is 5. The van der Waals surface area contributed by atoms with Gasteiger partial charge in [-0.25, -0.2) is 4.98 Å². The van der Waals surface area contributed by atoms with Gasteiger partial charge in [-0.05, 0) is 23.3 Å². The summed E-state index contributed by atoms with van der Waals surface area (Å²) in [6.07, 6.45) is 0. The summed E-state index contributed by atoms with van der Waals surface area (Å²) in [7, 11) is 1.62. The van der Waals surface area contributed by atoms with Crippen molar-refractivity contribution in [2.24, 2.45) is 4.99 Å². The van der Waals surface area contributed by atoms with E-state index in [0.717, 1.165) is 51.2 Å². The Labute approximate surface area is 211 Å². The van der Waals surface area contributed by atoms with E-state index in [4.69, 9.17) is 9.72 Å². The highest BCUT2D eigenvalue weighted by molar-refractivity contribution is 8.14. The normalized spacial score (nSPS) is 13.1. The second-order valence-electron chi connectivity index (χ2n) is 8.28. The molecule has 0 saturated carbocycles. The molecule has 1 aliphatic rings. The minimum absolute atomic E-state index is 0.198. The predicted octanol–water partition coefficient (Wildman–Crippen LogP) is 5.55. The lowest BCUT2D eigenvalue weighted by atomic mass is 10.0. The van der Waals surface area contributed by atoms with Crippen LogP contribution in [0.1, 0.15) is 0 Å². The summed E-state index contributed by atoms with van der Waals surface area (Å²) < 4.78 is 6.86. The number of fused-ring (bicyclic) bond motifs is 1. The topological polar surface area (TPSA) is 83.8 Å². The van der Waals surface area contributed by atoms with Crippen molar-refractivity contribution in [3.8, 4) is 39.3 Å². The zero-order valence-corrected chi connectivity index (χ0v) is 20.4. The Kier molecular flexibility index (Phi) is 5.79. The maximum Gasteiger partial charge on any atom is 0.282 e. The summed E-state index contributed by atoms with van der Waals surface area (Å²) in [5.41, 5.74) is 5.19. The van der Waals surface area contributed by atoms with Crippen LogP contribution >= 0.6 is 11.8 Å². The van der Waals surface area contributed by atoms with Gasteiger partial charge in [0.1, 0.15) is 11.6 Å². The van der Waals surface area contributed by atoms with Gasteiger partial charge in [0.25, 0.3) is 5.56 Å². The Balaban J connectivity index is 1.66. The lowest BCUT2D eigenvalue weighted by Crippen LogP contribution is -2.21. The van der Waals surface area contributed by atoms with E-state index < -0.39 is 0 Å². The number of thioether (sulfide) groups is 1. The van der Waals surface area contributed by atoms with Crippen LogP contribution in [0, 0.1) is 0 Å². The first kappa shape index (κ1) is 22.2. The van der Waals surface area contributed by atoms with Crippen LogP contribution in [-0.2, 0) is 0 Å². The minimum atomic E-state index is -0.198. The molecule has 7 nitrogen and oxygen atoms in total. The van der Waals surface area contributed by atoms with Gasteiger partial charge in [-0.2, -0.15) is 4.52 Å². The van der Waals surface area contributed by atoms with Crippen LogP contribution < -0.4 is 15.6 Å². The third kappa shape index (κ3) is 3.95. The van der Waals surface area contributed by atoms with Gasteiger partial charge < -0.3 is 10.1 Å². The highest BCUT2D eigenvalue weighted by atomic mass is 32.2. The maximum absolute atomic E-state index is 14.1. The number of aromatic amines is 1. The molecule has 36 heavy (non-hydrogen) atoms. The van der Waals surface area contributed by atoms with Gasteiger partial charge in [-0.3, -0.25) is 14.9 Å². The van der Waals surface area contributed by atoms with E-state index in [1.54, 1.807) is 23.4 Å². The Hall–Kier alpha value is -4.30. The fourth-order valence-electron chi connectivity index (χ4n) is 4.38. The monoisotopic (exact) mass is 493 g/mol. The first-order valence-electron chi connectivity index (χ1n) is 11.6. The Bertz CT molecular complexity index is 1620. The summed E-state index contributed by atoms with van der Waals surface area (Å²) in [5.74, 6) is 2.10. The van der Waals surface area contributed by atoms with Crippen molar-refractivity contribution < 1.29 is 4.74 Å². The number of nitrogens with one attached hydrogen (secondary N) is 2. The molecule has 178 valence electrons. The third-order valence-electron chi connectivity index (χ3n) is 6.09. The average Bonchev–Trinajstić information content (AvgIpc) is 3.58. The van der Waals surface area contributed by atoms with E-state index in [-0.39, 0.29) is 5.56 Å². The minimum Gasteiger partial charge on any atom is -0.497 e. The molecule has 0 atom stereocenters. The molecule has 0 bridgehead atoms. The molecule has 2 aromatic heterocycles. The van der Waals surface area contributed by atoms with Gasteiger partial charge in [0.05, 0.1) is 30.5 Å². The van der Waals surface area contributed by atoms with Crippen LogP contribution in [0.3, 0.4) is 0 Å². The van der Waals surface area contributed by atoms with E-state index in [9.17, 15) is 4.79 Å². The Morgan fingerprint density at radius 3 is 2.19 bits per heavy atom. The van der Waals surface area contributed by atoms with Crippen LogP contribution in [0.2, 0.25) is 0 Å². The summed E-state index contributed by atoms with van der Waals surface area (Å²) in [6, 6.07) is 27.4. The number of nitrogens with zero attached hydrogens (tertiary/aromatic N) is 3. The summed E-state index contributed by atoms with van der Waals surface area (Å²) in [4.78, 5) is 23.6. The molecule has 0 spiro atoms. The third-order valence-corrected chi connectivity index (χ3v) is 6.99. The van der Waals surface area contributed by atoms with Crippen molar-refractivity contribution in [2.45, 2.75) is 0 Å². The molecule has 0 fully saturated rings. The number of ether oxygens (including phenoxy) is 1. The summed E-state index contributed by atoms with van der Waals surface area (Å²) in [5, 5.41) is 7.46. The SMILES string of the molecule is COc1ccc(-c2c(NC3=NCCS3)nc3c(-c4ccccc4)c(-c4ccccc4)[nH]n3c2=O)cc1. The summed E-state index contributed by atoms with van der Waals surface area (Å²) in [6.45, 7) is 0.740. The summed E-state index contributed by atoms with van der Waals surface area (Å²) >= 11 is 1.62. The number of hydrogen-bond acceptors (Lipinski definition) is 6. The molecular weight excluding hydrogens is 470 g/mol. The van der Waals surface area contributed by atoms with Crippen molar-refractivity contribution in [1.82, 2.24) is 14.6 Å². The van der Waals surface area contributed by atoms with Gasteiger partial charge in [-0.15, -0.1) is 0 Å². The highest BCUT2D eigenvalue weighted by Crippen LogP contribution is 2.36. The number of amidine groups is 1. The number of aliphatic imine (C=N–C) groups is 1. The van der Waals surface area contributed by atoms with Crippen LogP contribution in [-0.4, -0.2) is 39.2 Å². The second kappa shape index (κ2) is 9.39. The number of anilines is 1. The first-order valence-corrected chi connectivity index (χ1v) is 12.6. The lowest BCUT2D eigenvalue weighted by Gasteiger charge is -2.12. The van der Waals surface area contributed by atoms with Gasteiger partial charge in [0.15, 0.2) is 10.8 Å². The van der Waals surface area contributed by atoms with Crippen molar-refractivity contribution in [2.75, 3.05) is 24.7 Å². The molecule has 0 unspecified atom stereocenters. The molecular formula is C28H23N5O2S. The van der Waals surface area contributed by atoms with Crippen LogP contribution in [0.15, 0.2) is 94.7 Å². The van der Waals surface area contributed by atoms with Gasteiger partial charge >= 0.3 is 0 Å². The van der Waals surface area contributed by atoms with Crippen LogP contribution in [0.4, 0.5) is 5.82 Å². The standard InChI is InChI=1S/C28H23N5O2S/c1-35-21-14-12-19(13-15-21)23-25(31-28-29-16-17-36-28)30-26-22(18-8-4-2-5-9-18)24(32-33(26)27(23)34)20-10-6-3-7-11-20/h2-15,32H,16-17H2,1H3,(H,29,31). The number of aromatic nitrogens is 3. The Morgan fingerprint density at radius 1 is 0.889 bits per heavy atom. The largest absolute Gasteiger partial charge is 0.497 e. The molecule has 5 aromatic rings. The molecule has 1 aliphatic heterocycles. The molecule has 0 aliphatic carbocycles. The van der Waals surface area contributed by atoms with E-state index in [1.165, 1.54) is 0 Å². The molecule has 0 saturated heterocycles. The zero-order chi connectivity index (χ0) is 24.5. The van der Waals surface area contributed by atoms with Gasteiger partial charge in [0.2, 0.25) is 0 Å².